The molecule has 102 valence electrons. The van der Waals surface area contributed by atoms with Crippen molar-refractivity contribution >= 4 is 0 Å². The Bertz CT molecular complexity index is 395. The third kappa shape index (κ3) is 2.98. The van der Waals surface area contributed by atoms with Crippen molar-refractivity contribution in [3.8, 4) is 11.5 Å². The Morgan fingerprint density at radius 1 is 0.722 bits per heavy atom. The maximum absolute atomic E-state index is 5.57. The van der Waals surface area contributed by atoms with Gasteiger partial charge in [0.05, 0.1) is 14.2 Å². The molecule has 0 aliphatic heterocycles. The number of methoxy groups -OCH3 is 2. The van der Waals surface area contributed by atoms with E-state index in [9.17, 15) is 0 Å². The summed E-state index contributed by atoms with van der Waals surface area (Å²) in [6.45, 7) is 13.1. The third-order valence-electron chi connectivity index (χ3n) is 3.12. The molecule has 0 aliphatic rings. The van der Waals surface area contributed by atoms with Gasteiger partial charge in [0.15, 0.2) is 0 Å². The normalized spacial score (nSPS) is 12.4. The first kappa shape index (κ1) is 14.9. The van der Waals surface area contributed by atoms with Crippen LogP contribution in [0.25, 0.3) is 0 Å². The van der Waals surface area contributed by atoms with Gasteiger partial charge < -0.3 is 9.47 Å². The van der Waals surface area contributed by atoms with E-state index < -0.39 is 0 Å². The third-order valence-corrected chi connectivity index (χ3v) is 3.12. The molecule has 0 radical (unpaired) electrons. The van der Waals surface area contributed by atoms with Crippen LogP contribution in [0.15, 0.2) is 12.1 Å². The van der Waals surface area contributed by atoms with E-state index in [2.05, 4.69) is 53.7 Å². The highest BCUT2D eigenvalue weighted by Gasteiger charge is 2.26. The Balaban J connectivity index is 3.55. The summed E-state index contributed by atoms with van der Waals surface area (Å²) < 4.78 is 11.1. The van der Waals surface area contributed by atoms with Crippen LogP contribution in [0.3, 0.4) is 0 Å². The van der Waals surface area contributed by atoms with E-state index >= 15 is 0 Å². The molecule has 2 nitrogen and oxygen atoms in total. The summed E-state index contributed by atoms with van der Waals surface area (Å²) in [6, 6.07) is 4.26. The number of hydrogen-bond donors (Lipinski definition) is 0. The van der Waals surface area contributed by atoms with Crippen molar-refractivity contribution in [1.82, 2.24) is 0 Å². The molecule has 0 heterocycles. The Morgan fingerprint density at radius 3 is 1.33 bits per heavy atom. The van der Waals surface area contributed by atoms with E-state index in [4.69, 9.17) is 9.47 Å². The predicted octanol–water partition coefficient (Wildman–Crippen LogP) is 4.30. The van der Waals surface area contributed by atoms with E-state index in [0.29, 0.717) is 0 Å². The summed E-state index contributed by atoms with van der Waals surface area (Å²) in [4.78, 5) is 0. The molecule has 0 fully saturated rings. The van der Waals surface area contributed by atoms with E-state index in [0.717, 1.165) is 17.1 Å². The molecule has 0 N–H and O–H groups in total. The topological polar surface area (TPSA) is 18.5 Å². The van der Waals surface area contributed by atoms with Crippen LogP contribution in [0.1, 0.15) is 52.7 Å². The smallest absolute Gasteiger partial charge is 0.126 e. The molecule has 0 amide bonds. The van der Waals surface area contributed by atoms with E-state index in [-0.39, 0.29) is 10.8 Å². The van der Waals surface area contributed by atoms with Crippen molar-refractivity contribution in [3.05, 3.63) is 23.3 Å². The van der Waals surface area contributed by atoms with E-state index in [1.54, 1.807) is 14.2 Å². The second kappa shape index (κ2) is 4.83. The van der Waals surface area contributed by atoms with Gasteiger partial charge in [-0.1, -0.05) is 41.5 Å². The zero-order chi connectivity index (χ0) is 14.1. The quantitative estimate of drug-likeness (QED) is 0.779. The summed E-state index contributed by atoms with van der Waals surface area (Å²) in [6.07, 6.45) is 0. The molecular weight excluding hydrogens is 224 g/mol. The molecule has 0 saturated carbocycles. The lowest BCUT2D eigenvalue weighted by Gasteiger charge is -2.28. The van der Waals surface area contributed by atoms with Gasteiger partial charge in [-0.05, 0) is 28.5 Å². The molecule has 1 aromatic carbocycles. The van der Waals surface area contributed by atoms with Crippen LogP contribution in [0.5, 0.6) is 11.5 Å². The standard InChI is InChI=1S/C16H26O2/c1-15(2,3)11-9-12(17-7)14(16(4,5)6)13(10-11)18-8/h9-10H,1-8H3. The minimum atomic E-state index is -0.00684. The lowest BCUT2D eigenvalue weighted by Crippen LogP contribution is -2.17. The van der Waals surface area contributed by atoms with Gasteiger partial charge in [-0.2, -0.15) is 0 Å². The van der Waals surface area contributed by atoms with Crippen molar-refractivity contribution in [2.45, 2.75) is 52.4 Å². The Morgan fingerprint density at radius 2 is 1.11 bits per heavy atom. The molecule has 2 heteroatoms. The van der Waals surface area contributed by atoms with E-state index in [1.165, 1.54) is 5.56 Å². The summed E-state index contributed by atoms with van der Waals surface area (Å²) in [5, 5.41) is 0. The average molecular weight is 250 g/mol. The molecule has 0 aromatic heterocycles. The fraction of sp³-hybridized carbons (Fsp3) is 0.625. The highest BCUT2D eigenvalue weighted by atomic mass is 16.5. The van der Waals surface area contributed by atoms with Crippen LogP contribution >= 0.6 is 0 Å². The Labute approximate surface area is 111 Å². The fourth-order valence-corrected chi connectivity index (χ4v) is 2.08. The van der Waals surface area contributed by atoms with Crippen LogP contribution in [0.2, 0.25) is 0 Å². The largest absolute Gasteiger partial charge is 0.496 e. The lowest BCUT2D eigenvalue weighted by atomic mass is 9.81. The summed E-state index contributed by atoms with van der Waals surface area (Å²) in [7, 11) is 3.44. The Hall–Kier alpha value is -1.18. The molecule has 18 heavy (non-hydrogen) atoms. The number of ether oxygens (including phenoxy) is 2. The van der Waals surface area contributed by atoms with Gasteiger partial charge in [0, 0.05) is 5.56 Å². The minimum absolute atomic E-state index is 0.00684. The van der Waals surface area contributed by atoms with Gasteiger partial charge >= 0.3 is 0 Å². The second-order valence-electron chi connectivity index (χ2n) is 6.76. The van der Waals surface area contributed by atoms with Crippen LogP contribution in [-0.2, 0) is 10.8 Å². The SMILES string of the molecule is COc1cc(C(C)(C)C)cc(OC)c1C(C)(C)C. The van der Waals surface area contributed by atoms with Crippen molar-refractivity contribution in [2.24, 2.45) is 0 Å². The van der Waals surface area contributed by atoms with E-state index in [1.807, 2.05) is 0 Å². The molecule has 0 spiro atoms. The number of hydrogen-bond acceptors (Lipinski definition) is 2. The lowest BCUT2D eigenvalue weighted by molar-refractivity contribution is 0.364. The zero-order valence-corrected chi connectivity index (χ0v) is 13.0. The molecular formula is C16H26O2. The van der Waals surface area contributed by atoms with Crippen LogP contribution in [0, 0.1) is 0 Å². The molecule has 1 rings (SSSR count). The van der Waals surface area contributed by atoms with Crippen LogP contribution in [-0.4, -0.2) is 14.2 Å². The molecule has 0 unspecified atom stereocenters. The van der Waals surface area contributed by atoms with Crippen molar-refractivity contribution in [3.63, 3.8) is 0 Å². The predicted molar refractivity (Wildman–Crippen MR) is 76.9 cm³/mol. The zero-order valence-electron chi connectivity index (χ0n) is 13.0. The molecule has 0 saturated heterocycles. The molecule has 1 aromatic rings. The second-order valence-corrected chi connectivity index (χ2v) is 6.76. The highest BCUT2D eigenvalue weighted by Crippen LogP contribution is 2.42. The highest BCUT2D eigenvalue weighted by molar-refractivity contribution is 5.53. The first-order valence-electron chi connectivity index (χ1n) is 6.38. The van der Waals surface area contributed by atoms with Gasteiger partial charge in [-0.15, -0.1) is 0 Å². The van der Waals surface area contributed by atoms with Crippen molar-refractivity contribution < 1.29 is 9.47 Å². The van der Waals surface area contributed by atoms with Gasteiger partial charge in [0.2, 0.25) is 0 Å². The van der Waals surface area contributed by atoms with Gasteiger partial charge in [0.1, 0.15) is 11.5 Å². The van der Waals surface area contributed by atoms with Crippen molar-refractivity contribution in [1.29, 1.82) is 0 Å². The van der Waals surface area contributed by atoms with Crippen LogP contribution in [0.4, 0.5) is 0 Å². The Kier molecular flexibility index (Phi) is 3.99. The van der Waals surface area contributed by atoms with Gasteiger partial charge in [-0.3, -0.25) is 0 Å². The van der Waals surface area contributed by atoms with Crippen LogP contribution < -0.4 is 9.47 Å². The molecule has 0 bridgehead atoms. The summed E-state index contributed by atoms with van der Waals surface area (Å²) in [5.41, 5.74) is 2.43. The van der Waals surface area contributed by atoms with Crippen molar-refractivity contribution in [2.75, 3.05) is 14.2 Å². The number of rotatable bonds is 2. The molecule has 0 atom stereocenters. The molecule has 0 aliphatic carbocycles. The summed E-state index contributed by atoms with van der Waals surface area (Å²) >= 11 is 0. The fourth-order valence-electron chi connectivity index (χ4n) is 2.08. The summed E-state index contributed by atoms with van der Waals surface area (Å²) in [5.74, 6) is 1.82. The average Bonchev–Trinajstić information content (AvgIpc) is 2.24. The van der Waals surface area contributed by atoms with Gasteiger partial charge in [-0.25, -0.2) is 0 Å². The maximum Gasteiger partial charge on any atom is 0.126 e. The minimum Gasteiger partial charge on any atom is -0.496 e. The first-order chi connectivity index (χ1) is 8.11. The maximum atomic E-state index is 5.57. The first-order valence-corrected chi connectivity index (χ1v) is 6.38. The number of benzene rings is 1. The monoisotopic (exact) mass is 250 g/mol. The van der Waals surface area contributed by atoms with Gasteiger partial charge in [0.25, 0.3) is 0 Å².